The molecule has 0 spiro atoms. The molecule has 0 aliphatic carbocycles. The molecule has 0 aliphatic heterocycles. The topological polar surface area (TPSA) is 31.9 Å². The number of nitrogens with one attached hydrogen (secondary N) is 1. The second kappa shape index (κ2) is 8.50. The highest BCUT2D eigenvalue weighted by atomic mass is 35.5. The van der Waals surface area contributed by atoms with Gasteiger partial charge >= 0.3 is 0 Å². The molecule has 134 valence electrons. The fourth-order valence-corrected chi connectivity index (χ4v) is 3.79. The molecule has 0 bridgehead atoms. The first-order valence-corrected chi connectivity index (χ1v) is 8.98. The molecule has 25 heavy (non-hydrogen) atoms. The predicted molar refractivity (Wildman–Crippen MR) is 109 cm³/mol. The van der Waals surface area contributed by atoms with Crippen molar-refractivity contribution in [2.75, 3.05) is 13.1 Å². The molecule has 0 saturated heterocycles. The maximum Gasteiger partial charge on any atom is 0.100 e. The minimum atomic E-state index is 0. The van der Waals surface area contributed by atoms with Crippen LogP contribution in [0, 0.1) is 6.92 Å². The van der Waals surface area contributed by atoms with Crippen molar-refractivity contribution in [3.05, 3.63) is 53.6 Å². The van der Waals surface area contributed by atoms with Gasteiger partial charge in [0, 0.05) is 17.0 Å². The number of nitrogens with zero attached hydrogens (tertiary/aromatic N) is 2. The number of aromatic amines is 1. The first-order valence-electron chi connectivity index (χ1n) is 8.98. The largest absolute Gasteiger partial charge is 0.297 e. The van der Waals surface area contributed by atoms with Crippen molar-refractivity contribution in [2.45, 2.75) is 40.2 Å². The highest BCUT2D eigenvalue weighted by Gasteiger charge is 2.23. The minimum absolute atomic E-state index is 0. The van der Waals surface area contributed by atoms with Crippen LogP contribution in [0.25, 0.3) is 22.2 Å². The number of fused-ring (bicyclic) bond motifs is 1. The van der Waals surface area contributed by atoms with Crippen molar-refractivity contribution in [1.82, 2.24) is 15.1 Å². The molecule has 3 aromatic rings. The lowest BCUT2D eigenvalue weighted by molar-refractivity contribution is 0.214. The molecule has 4 heteroatoms. The highest BCUT2D eigenvalue weighted by Crippen LogP contribution is 2.37. The summed E-state index contributed by atoms with van der Waals surface area (Å²) in [6.07, 6.45) is 1.10. The summed E-state index contributed by atoms with van der Waals surface area (Å²) >= 11 is 0. The summed E-state index contributed by atoms with van der Waals surface area (Å²) in [6.45, 7) is 11.1. The number of H-pyrrole nitrogens is 1. The third-order valence-electron chi connectivity index (χ3n) is 5.01. The Hall–Kier alpha value is -1.84. The Morgan fingerprint density at radius 2 is 1.68 bits per heavy atom. The van der Waals surface area contributed by atoms with Crippen LogP contribution >= 0.6 is 12.4 Å². The summed E-state index contributed by atoms with van der Waals surface area (Å²) in [5.74, 6) is 0. The number of benzene rings is 2. The highest BCUT2D eigenvalue weighted by molar-refractivity contribution is 5.96. The number of aryl methyl sites for hydroxylation is 1. The smallest absolute Gasteiger partial charge is 0.100 e. The Morgan fingerprint density at radius 3 is 2.28 bits per heavy atom. The molecular weight excluding hydrogens is 330 g/mol. The zero-order valence-electron chi connectivity index (χ0n) is 15.5. The summed E-state index contributed by atoms with van der Waals surface area (Å²) in [4.78, 5) is 2.55. The van der Waals surface area contributed by atoms with Gasteiger partial charge in [0.2, 0.25) is 0 Å². The van der Waals surface area contributed by atoms with Crippen molar-refractivity contribution in [3.63, 3.8) is 0 Å². The van der Waals surface area contributed by atoms with E-state index in [0.29, 0.717) is 6.04 Å². The van der Waals surface area contributed by atoms with Crippen LogP contribution in [0.5, 0.6) is 0 Å². The van der Waals surface area contributed by atoms with Crippen molar-refractivity contribution >= 4 is 23.3 Å². The summed E-state index contributed by atoms with van der Waals surface area (Å²) in [5, 5.41) is 9.17. The second-order valence-corrected chi connectivity index (χ2v) is 6.30. The zero-order valence-corrected chi connectivity index (χ0v) is 16.4. The number of halogens is 1. The number of hydrogen-bond donors (Lipinski definition) is 1. The summed E-state index contributed by atoms with van der Waals surface area (Å²) in [5.41, 5.74) is 6.13. The molecule has 0 amide bonds. The molecular formula is C21H28ClN3. The van der Waals surface area contributed by atoms with Gasteiger partial charge < -0.3 is 0 Å². The Balaban J connectivity index is 0.00000225. The molecule has 0 saturated carbocycles. The van der Waals surface area contributed by atoms with Crippen LogP contribution in [0.15, 0.2) is 42.5 Å². The molecule has 3 nitrogen and oxygen atoms in total. The fraction of sp³-hybridized carbons (Fsp3) is 0.381. The third-order valence-corrected chi connectivity index (χ3v) is 5.01. The molecule has 0 fully saturated rings. The first-order chi connectivity index (χ1) is 11.7. The van der Waals surface area contributed by atoms with E-state index in [1.807, 2.05) is 0 Å². The molecule has 3 rings (SSSR count). The van der Waals surface area contributed by atoms with Crippen LogP contribution in [-0.4, -0.2) is 28.2 Å². The van der Waals surface area contributed by atoms with Crippen molar-refractivity contribution < 1.29 is 0 Å². The summed E-state index contributed by atoms with van der Waals surface area (Å²) < 4.78 is 0. The molecule has 1 unspecified atom stereocenters. The monoisotopic (exact) mass is 357 g/mol. The van der Waals surface area contributed by atoms with Gasteiger partial charge in [0.05, 0.1) is 5.52 Å². The van der Waals surface area contributed by atoms with Crippen molar-refractivity contribution in [2.24, 2.45) is 0 Å². The zero-order chi connectivity index (χ0) is 17.1. The maximum absolute atomic E-state index is 4.65. The van der Waals surface area contributed by atoms with Crippen LogP contribution in [0.3, 0.4) is 0 Å². The van der Waals surface area contributed by atoms with Gasteiger partial charge in [-0.1, -0.05) is 57.2 Å². The average Bonchev–Trinajstić information content (AvgIpc) is 3.05. The molecule has 0 radical (unpaired) electrons. The maximum atomic E-state index is 4.65. The summed E-state index contributed by atoms with van der Waals surface area (Å²) in [6, 6.07) is 15.3. The third kappa shape index (κ3) is 3.58. The Morgan fingerprint density at radius 1 is 1.00 bits per heavy atom. The standard InChI is InChI=1S/C21H27N3.ClH/c1-5-18(24(6-2)7-3)19-15(4)13-14-17-20(19)21(23-22-17)16-11-9-8-10-12-16;/h8-14,18H,5-7H2,1-4H3,(H,22,23);1H. The normalized spacial score (nSPS) is 12.4. The number of aromatic nitrogens is 2. The van der Waals surface area contributed by atoms with E-state index in [4.69, 9.17) is 0 Å². The minimum Gasteiger partial charge on any atom is -0.297 e. The molecule has 1 atom stereocenters. The molecule has 1 N–H and O–H groups in total. The lowest BCUT2D eigenvalue weighted by atomic mass is 9.91. The van der Waals surface area contributed by atoms with Gasteiger partial charge in [0.25, 0.3) is 0 Å². The van der Waals surface area contributed by atoms with E-state index in [1.54, 1.807) is 0 Å². The van der Waals surface area contributed by atoms with Gasteiger partial charge in [0.15, 0.2) is 0 Å². The molecule has 2 aromatic carbocycles. The van der Waals surface area contributed by atoms with Crippen LogP contribution in [0.4, 0.5) is 0 Å². The van der Waals surface area contributed by atoms with E-state index in [9.17, 15) is 0 Å². The fourth-order valence-electron chi connectivity index (χ4n) is 3.79. The van der Waals surface area contributed by atoms with Crippen LogP contribution < -0.4 is 0 Å². The van der Waals surface area contributed by atoms with E-state index >= 15 is 0 Å². The Kier molecular flexibility index (Phi) is 6.63. The second-order valence-electron chi connectivity index (χ2n) is 6.30. The SMILES string of the molecule is CCC(c1c(C)ccc2[nH]nc(-c3ccccc3)c12)N(CC)CC.Cl. The van der Waals surface area contributed by atoms with Gasteiger partial charge in [-0.25, -0.2) is 0 Å². The van der Waals surface area contributed by atoms with Crippen LogP contribution in [-0.2, 0) is 0 Å². The summed E-state index contributed by atoms with van der Waals surface area (Å²) in [7, 11) is 0. The van der Waals surface area contributed by atoms with Crippen LogP contribution in [0.1, 0.15) is 44.4 Å². The average molecular weight is 358 g/mol. The van der Waals surface area contributed by atoms with Crippen molar-refractivity contribution in [1.29, 1.82) is 0 Å². The first kappa shape index (κ1) is 19.5. The van der Waals surface area contributed by atoms with Gasteiger partial charge in [-0.3, -0.25) is 10.00 Å². The van der Waals surface area contributed by atoms with Gasteiger partial charge in [-0.05, 0) is 43.6 Å². The van der Waals surface area contributed by atoms with Gasteiger partial charge in [-0.2, -0.15) is 5.10 Å². The Bertz CT molecular complexity index is 807. The van der Waals surface area contributed by atoms with E-state index in [0.717, 1.165) is 30.7 Å². The molecule has 1 heterocycles. The van der Waals surface area contributed by atoms with Crippen molar-refractivity contribution in [3.8, 4) is 11.3 Å². The van der Waals surface area contributed by atoms with Crippen LogP contribution in [0.2, 0.25) is 0 Å². The van der Waals surface area contributed by atoms with E-state index < -0.39 is 0 Å². The van der Waals surface area contributed by atoms with Gasteiger partial charge in [-0.15, -0.1) is 12.4 Å². The van der Waals surface area contributed by atoms with E-state index in [1.165, 1.54) is 22.1 Å². The molecule has 1 aromatic heterocycles. The lowest BCUT2D eigenvalue weighted by Gasteiger charge is -2.31. The number of hydrogen-bond acceptors (Lipinski definition) is 2. The molecule has 0 aliphatic rings. The van der Waals surface area contributed by atoms with Gasteiger partial charge in [0.1, 0.15) is 5.69 Å². The predicted octanol–water partition coefficient (Wildman–Crippen LogP) is 5.75. The lowest BCUT2D eigenvalue weighted by Crippen LogP contribution is -2.28. The van der Waals surface area contributed by atoms with E-state index in [-0.39, 0.29) is 12.4 Å². The quantitative estimate of drug-likeness (QED) is 0.608. The Labute approximate surface area is 156 Å². The van der Waals surface area contributed by atoms with E-state index in [2.05, 4.69) is 85.3 Å². The number of rotatable bonds is 6.